The summed E-state index contributed by atoms with van der Waals surface area (Å²) in [7, 11) is 2.05. The number of hydrogen-bond donors (Lipinski definition) is 1. The highest BCUT2D eigenvalue weighted by molar-refractivity contribution is 4.79. The second-order valence-corrected chi connectivity index (χ2v) is 4.70. The molecule has 2 fully saturated rings. The molecule has 2 heterocycles. The summed E-state index contributed by atoms with van der Waals surface area (Å²) in [4.78, 5) is 2.61. The zero-order chi connectivity index (χ0) is 9.80. The van der Waals surface area contributed by atoms with Crippen molar-refractivity contribution < 1.29 is 4.74 Å². The molecule has 82 valence electrons. The molecule has 2 saturated heterocycles. The molecule has 0 spiro atoms. The molecule has 0 aliphatic carbocycles. The maximum Gasteiger partial charge on any atom is 0.0507 e. The Hall–Kier alpha value is -0.120. The van der Waals surface area contributed by atoms with E-state index in [4.69, 9.17) is 4.74 Å². The SMILES string of the molecule is CNCC1CCN(CC2CCOC2)C1. The van der Waals surface area contributed by atoms with Crippen LogP contribution >= 0.6 is 0 Å². The molecule has 2 rings (SSSR count). The van der Waals surface area contributed by atoms with E-state index in [2.05, 4.69) is 10.2 Å². The normalized spacial score (nSPS) is 34.1. The lowest BCUT2D eigenvalue weighted by atomic mass is 10.1. The third-order valence-corrected chi connectivity index (χ3v) is 3.40. The smallest absolute Gasteiger partial charge is 0.0507 e. The summed E-state index contributed by atoms with van der Waals surface area (Å²) in [6.45, 7) is 7.00. The van der Waals surface area contributed by atoms with Gasteiger partial charge in [-0.2, -0.15) is 0 Å². The third kappa shape index (κ3) is 2.69. The monoisotopic (exact) mass is 198 g/mol. The highest BCUT2D eigenvalue weighted by Gasteiger charge is 2.25. The van der Waals surface area contributed by atoms with E-state index in [1.165, 1.54) is 39.0 Å². The van der Waals surface area contributed by atoms with Gasteiger partial charge in [-0.05, 0) is 44.8 Å². The third-order valence-electron chi connectivity index (χ3n) is 3.40. The summed E-state index contributed by atoms with van der Waals surface area (Å²) >= 11 is 0. The zero-order valence-electron chi connectivity index (χ0n) is 9.17. The maximum atomic E-state index is 5.40. The summed E-state index contributed by atoms with van der Waals surface area (Å²) < 4.78 is 5.40. The molecule has 2 aliphatic rings. The molecule has 3 nitrogen and oxygen atoms in total. The number of likely N-dealkylation sites (tertiary alicyclic amines) is 1. The number of rotatable bonds is 4. The van der Waals surface area contributed by atoms with Gasteiger partial charge >= 0.3 is 0 Å². The minimum absolute atomic E-state index is 0.809. The van der Waals surface area contributed by atoms with Crippen molar-refractivity contribution >= 4 is 0 Å². The molecule has 0 aromatic rings. The largest absolute Gasteiger partial charge is 0.381 e. The van der Waals surface area contributed by atoms with Crippen LogP contribution in [0.5, 0.6) is 0 Å². The van der Waals surface area contributed by atoms with Crippen LogP contribution in [0.1, 0.15) is 12.8 Å². The Morgan fingerprint density at radius 1 is 1.36 bits per heavy atom. The average molecular weight is 198 g/mol. The van der Waals surface area contributed by atoms with Crippen molar-refractivity contribution in [2.24, 2.45) is 11.8 Å². The predicted octanol–water partition coefficient (Wildman–Crippen LogP) is 0.564. The van der Waals surface area contributed by atoms with Gasteiger partial charge in [0.2, 0.25) is 0 Å². The van der Waals surface area contributed by atoms with E-state index in [9.17, 15) is 0 Å². The van der Waals surface area contributed by atoms with Crippen molar-refractivity contribution in [3.05, 3.63) is 0 Å². The summed E-state index contributed by atoms with van der Waals surface area (Å²) in [5.74, 6) is 1.69. The van der Waals surface area contributed by atoms with Gasteiger partial charge < -0.3 is 15.0 Å². The number of nitrogens with zero attached hydrogens (tertiary/aromatic N) is 1. The van der Waals surface area contributed by atoms with Crippen LogP contribution in [0, 0.1) is 11.8 Å². The molecule has 0 aromatic carbocycles. The van der Waals surface area contributed by atoms with Crippen molar-refractivity contribution in [1.29, 1.82) is 0 Å². The first-order valence-electron chi connectivity index (χ1n) is 5.83. The van der Waals surface area contributed by atoms with Crippen molar-refractivity contribution in [2.45, 2.75) is 12.8 Å². The Morgan fingerprint density at radius 2 is 2.29 bits per heavy atom. The Kier molecular flexibility index (Phi) is 3.79. The minimum atomic E-state index is 0.809. The fraction of sp³-hybridized carbons (Fsp3) is 1.00. The summed E-state index contributed by atoms with van der Waals surface area (Å²) in [6.07, 6.45) is 2.64. The van der Waals surface area contributed by atoms with Gasteiger partial charge in [0.25, 0.3) is 0 Å². The highest BCUT2D eigenvalue weighted by atomic mass is 16.5. The van der Waals surface area contributed by atoms with Gasteiger partial charge in [-0.1, -0.05) is 0 Å². The van der Waals surface area contributed by atoms with E-state index in [0.29, 0.717) is 0 Å². The van der Waals surface area contributed by atoms with Crippen LogP contribution in [0.2, 0.25) is 0 Å². The van der Waals surface area contributed by atoms with Crippen LogP contribution < -0.4 is 5.32 Å². The molecular formula is C11H22N2O. The van der Waals surface area contributed by atoms with Crippen LogP contribution in [-0.4, -0.2) is 51.3 Å². The standard InChI is InChI=1S/C11H22N2O/c1-12-6-10-2-4-13(7-10)8-11-3-5-14-9-11/h10-12H,2-9H2,1H3. The Morgan fingerprint density at radius 3 is 3.00 bits per heavy atom. The quantitative estimate of drug-likeness (QED) is 0.714. The molecule has 14 heavy (non-hydrogen) atoms. The van der Waals surface area contributed by atoms with Crippen molar-refractivity contribution in [2.75, 3.05) is 46.4 Å². The van der Waals surface area contributed by atoms with Crippen LogP contribution in [0.4, 0.5) is 0 Å². The van der Waals surface area contributed by atoms with E-state index in [-0.39, 0.29) is 0 Å². The van der Waals surface area contributed by atoms with Crippen molar-refractivity contribution in [3.63, 3.8) is 0 Å². The number of ether oxygens (including phenoxy) is 1. The van der Waals surface area contributed by atoms with Gasteiger partial charge in [0.1, 0.15) is 0 Å². The predicted molar refractivity (Wildman–Crippen MR) is 57.4 cm³/mol. The highest BCUT2D eigenvalue weighted by Crippen LogP contribution is 2.20. The molecule has 0 saturated carbocycles. The van der Waals surface area contributed by atoms with Gasteiger partial charge in [-0.15, -0.1) is 0 Å². The summed E-state index contributed by atoms with van der Waals surface area (Å²) in [6, 6.07) is 0. The first-order chi connectivity index (χ1) is 6.88. The fourth-order valence-corrected chi connectivity index (χ4v) is 2.63. The molecule has 3 heteroatoms. The lowest BCUT2D eigenvalue weighted by Crippen LogP contribution is -2.29. The molecule has 0 bridgehead atoms. The lowest BCUT2D eigenvalue weighted by Gasteiger charge is -2.19. The Balaban J connectivity index is 1.67. The maximum absolute atomic E-state index is 5.40. The van der Waals surface area contributed by atoms with Gasteiger partial charge in [0.05, 0.1) is 6.61 Å². The Labute approximate surface area is 86.8 Å². The van der Waals surface area contributed by atoms with E-state index in [1.807, 2.05) is 7.05 Å². The molecule has 2 atom stereocenters. The fourth-order valence-electron chi connectivity index (χ4n) is 2.63. The van der Waals surface area contributed by atoms with Gasteiger partial charge in [-0.3, -0.25) is 0 Å². The van der Waals surface area contributed by atoms with Crippen LogP contribution in [-0.2, 0) is 4.74 Å². The first kappa shape index (κ1) is 10.4. The van der Waals surface area contributed by atoms with Crippen molar-refractivity contribution in [3.8, 4) is 0 Å². The molecular weight excluding hydrogens is 176 g/mol. The second kappa shape index (κ2) is 5.10. The summed E-state index contributed by atoms with van der Waals surface area (Å²) in [5, 5.41) is 3.27. The molecule has 2 aliphatic heterocycles. The lowest BCUT2D eigenvalue weighted by molar-refractivity contribution is 0.173. The van der Waals surface area contributed by atoms with Crippen LogP contribution in [0.25, 0.3) is 0 Å². The average Bonchev–Trinajstić information content (AvgIpc) is 2.79. The molecule has 0 radical (unpaired) electrons. The summed E-state index contributed by atoms with van der Waals surface area (Å²) in [5.41, 5.74) is 0. The van der Waals surface area contributed by atoms with Crippen LogP contribution in [0.15, 0.2) is 0 Å². The topological polar surface area (TPSA) is 24.5 Å². The molecule has 0 amide bonds. The van der Waals surface area contributed by atoms with E-state index < -0.39 is 0 Å². The van der Waals surface area contributed by atoms with E-state index >= 15 is 0 Å². The molecule has 2 unspecified atom stereocenters. The Bertz CT molecular complexity index is 169. The molecule has 0 aromatic heterocycles. The van der Waals surface area contributed by atoms with Gasteiger partial charge in [-0.25, -0.2) is 0 Å². The van der Waals surface area contributed by atoms with E-state index in [1.54, 1.807) is 0 Å². The van der Waals surface area contributed by atoms with E-state index in [0.717, 1.165) is 25.0 Å². The van der Waals surface area contributed by atoms with Gasteiger partial charge in [0.15, 0.2) is 0 Å². The van der Waals surface area contributed by atoms with Crippen molar-refractivity contribution in [1.82, 2.24) is 10.2 Å². The first-order valence-corrected chi connectivity index (χ1v) is 5.83. The zero-order valence-corrected chi connectivity index (χ0v) is 9.17. The second-order valence-electron chi connectivity index (χ2n) is 4.70. The number of hydrogen-bond acceptors (Lipinski definition) is 3. The number of nitrogens with one attached hydrogen (secondary N) is 1. The van der Waals surface area contributed by atoms with Gasteiger partial charge in [0, 0.05) is 19.7 Å². The molecule has 1 N–H and O–H groups in total. The van der Waals surface area contributed by atoms with Crippen LogP contribution in [0.3, 0.4) is 0 Å². The minimum Gasteiger partial charge on any atom is -0.381 e.